The van der Waals surface area contributed by atoms with Gasteiger partial charge in [0.25, 0.3) is 0 Å². The van der Waals surface area contributed by atoms with E-state index in [0.717, 1.165) is 6.61 Å². The van der Waals surface area contributed by atoms with E-state index in [1.165, 1.54) is 0 Å². The van der Waals surface area contributed by atoms with E-state index in [9.17, 15) is 0 Å². The molecule has 0 saturated carbocycles. The van der Waals surface area contributed by atoms with Crippen molar-refractivity contribution >= 4 is 0 Å². The Kier molecular flexibility index (Phi) is 3.86. The molecular weight excluding hydrogens is 66.0 g/mol. The van der Waals surface area contributed by atoms with Crippen molar-refractivity contribution in [3.63, 3.8) is 0 Å². The van der Waals surface area contributed by atoms with Crippen molar-refractivity contribution in [1.29, 1.82) is 0 Å². The van der Waals surface area contributed by atoms with Crippen LogP contribution in [0.15, 0.2) is 0 Å². The van der Waals surface area contributed by atoms with Crippen LogP contribution in [0.4, 0.5) is 0 Å². The fraction of sp³-hybridized carbons (Fsp3) is 1.00. The van der Waals surface area contributed by atoms with Crippen LogP contribution in [0.5, 0.6) is 0 Å². The van der Waals surface area contributed by atoms with Crippen LogP contribution < -0.4 is 5.48 Å². The van der Waals surface area contributed by atoms with Crippen LogP contribution in [0.3, 0.4) is 0 Å². The van der Waals surface area contributed by atoms with Gasteiger partial charge in [-0.3, -0.25) is 0 Å². The minimum Gasteiger partial charge on any atom is -0.302 e. The first-order chi connectivity index (χ1) is 2.41. The zero-order valence-electron chi connectivity index (χ0n) is 3.62. The Hall–Kier alpha value is -0.0800. The van der Waals surface area contributed by atoms with Gasteiger partial charge in [-0.1, -0.05) is 0 Å². The summed E-state index contributed by atoms with van der Waals surface area (Å²) in [5.41, 5.74) is 2.52. The van der Waals surface area contributed by atoms with E-state index < -0.39 is 0 Å². The molecule has 0 aliphatic carbocycles. The molecule has 2 heteroatoms. The Balaban J connectivity index is 2.19. The van der Waals surface area contributed by atoms with Crippen LogP contribution >= 0.6 is 0 Å². The lowest BCUT2D eigenvalue weighted by Crippen LogP contribution is -2.05. The molecule has 0 aromatic carbocycles. The van der Waals surface area contributed by atoms with Gasteiger partial charge < -0.3 is 4.84 Å². The largest absolute Gasteiger partial charge is 0.302 e. The molecule has 0 aromatic rings. The summed E-state index contributed by atoms with van der Waals surface area (Å²) in [5, 5.41) is 0. The zero-order valence-corrected chi connectivity index (χ0v) is 3.62. The average molecular weight is 75.1 g/mol. The van der Waals surface area contributed by atoms with Gasteiger partial charge in [-0.15, -0.1) is 0 Å². The van der Waals surface area contributed by atoms with Crippen molar-refractivity contribution in [2.45, 2.75) is 6.92 Å². The normalized spacial score (nSPS) is 8.40. The topological polar surface area (TPSA) is 21.3 Å². The van der Waals surface area contributed by atoms with Crippen molar-refractivity contribution in [3.05, 3.63) is 0 Å². The third-order valence-corrected chi connectivity index (χ3v) is 0.289. The summed E-state index contributed by atoms with van der Waals surface area (Å²) in [6.07, 6.45) is 0. The molecule has 32 valence electrons. The van der Waals surface area contributed by atoms with Crippen LogP contribution in [-0.4, -0.2) is 13.7 Å². The highest BCUT2D eigenvalue weighted by Gasteiger charge is 1.61. The minimum atomic E-state index is 0.733. The molecular formula is C3H9NO. The molecule has 0 aliphatic rings. The second-order valence-electron chi connectivity index (χ2n) is 0.637. The lowest BCUT2D eigenvalue weighted by atomic mass is 10.9. The van der Waals surface area contributed by atoms with Crippen molar-refractivity contribution in [3.8, 4) is 0 Å². The van der Waals surface area contributed by atoms with Gasteiger partial charge in [0, 0.05) is 7.05 Å². The molecule has 0 unspecified atom stereocenters. The second kappa shape index (κ2) is 3.92. The zero-order chi connectivity index (χ0) is 4.12. The molecule has 0 bridgehead atoms. The highest BCUT2D eigenvalue weighted by molar-refractivity contribution is 3.97. The van der Waals surface area contributed by atoms with Crippen LogP contribution in [0, 0.1) is 0 Å². The Morgan fingerprint density at radius 2 is 2.40 bits per heavy atom. The monoisotopic (exact) mass is 75.1 g/mol. The summed E-state index contributed by atoms with van der Waals surface area (Å²) in [6.45, 7) is 2.66. The molecule has 0 saturated heterocycles. The van der Waals surface area contributed by atoms with E-state index in [-0.39, 0.29) is 0 Å². The van der Waals surface area contributed by atoms with Gasteiger partial charge in [-0.05, 0) is 6.92 Å². The Bertz CT molecular complexity index is 14.4. The summed E-state index contributed by atoms with van der Waals surface area (Å²) in [6, 6.07) is 0. The van der Waals surface area contributed by atoms with E-state index in [4.69, 9.17) is 0 Å². The molecule has 5 heavy (non-hydrogen) atoms. The molecule has 0 rings (SSSR count). The minimum absolute atomic E-state index is 0.733. The first-order valence-electron chi connectivity index (χ1n) is 1.70. The van der Waals surface area contributed by atoms with E-state index in [1.54, 1.807) is 7.05 Å². The van der Waals surface area contributed by atoms with E-state index in [0.29, 0.717) is 0 Å². The van der Waals surface area contributed by atoms with Crippen LogP contribution in [0.1, 0.15) is 6.92 Å². The van der Waals surface area contributed by atoms with E-state index in [2.05, 4.69) is 10.3 Å². The molecule has 0 radical (unpaired) electrons. The fourth-order valence-corrected chi connectivity index (χ4v) is 0.144. The van der Waals surface area contributed by atoms with Crippen molar-refractivity contribution in [1.82, 2.24) is 5.48 Å². The molecule has 0 heterocycles. The maximum atomic E-state index is 4.58. The van der Waals surface area contributed by atoms with Gasteiger partial charge in [0.05, 0.1) is 6.61 Å². The smallest absolute Gasteiger partial charge is 0.0653 e. The summed E-state index contributed by atoms with van der Waals surface area (Å²) >= 11 is 0. The van der Waals surface area contributed by atoms with Crippen molar-refractivity contribution in [2.75, 3.05) is 13.7 Å². The van der Waals surface area contributed by atoms with Crippen molar-refractivity contribution < 1.29 is 4.84 Å². The van der Waals surface area contributed by atoms with Gasteiger partial charge in [0.1, 0.15) is 0 Å². The Labute approximate surface area is 32.1 Å². The van der Waals surface area contributed by atoms with Gasteiger partial charge in [0.2, 0.25) is 0 Å². The summed E-state index contributed by atoms with van der Waals surface area (Å²) < 4.78 is 0. The summed E-state index contributed by atoms with van der Waals surface area (Å²) in [7, 11) is 1.74. The number of rotatable bonds is 2. The molecule has 0 spiro atoms. The van der Waals surface area contributed by atoms with Crippen LogP contribution in [-0.2, 0) is 4.84 Å². The van der Waals surface area contributed by atoms with E-state index in [1.807, 2.05) is 6.92 Å². The van der Waals surface area contributed by atoms with Crippen LogP contribution in [0.2, 0.25) is 0 Å². The first kappa shape index (κ1) is 4.92. The summed E-state index contributed by atoms with van der Waals surface area (Å²) in [4.78, 5) is 4.58. The third kappa shape index (κ3) is 3.92. The highest BCUT2D eigenvalue weighted by atomic mass is 16.6. The molecule has 0 aromatic heterocycles. The maximum Gasteiger partial charge on any atom is 0.0653 e. The molecule has 0 aliphatic heterocycles. The van der Waals surface area contributed by atoms with Gasteiger partial charge in [0.15, 0.2) is 0 Å². The molecule has 1 N–H and O–H groups in total. The lowest BCUT2D eigenvalue weighted by Gasteiger charge is -1.88. The molecule has 2 nitrogen and oxygen atoms in total. The quantitative estimate of drug-likeness (QED) is 0.472. The second-order valence-corrected chi connectivity index (χ2v) is 0.637. The Morgan fingerprint density at radius 1 is 1.80 bits per heavy atom. The standard InChI is InChI=1S/C3H9NO/c1-3-5-4-2/h4H,3H2,1-2H3. The number of hydrogen-bond donors (Lipinski definition) is 1. The fourth-order valence-electron chi connectivity index (χ4n) is 0.144. The van der Waals surface area contributed by atoms with E-state index >= 15 is 0 Å². The maximum absolute atomic E-state index is 4.58. The first-order valence-corrected chi connectivity index (χ1v) is 1.70. The number of hydrogen-bond acceptors (Lipinski definition) is 2. The lowest BCUT2D eigenvalue weighted by molar-refractivity contribution is 0.0687. The predicted molar refractivity (Wildman–Crippen MR) is 20.7 cm³/mol. The highest BCUT2D eigenvalue weighted by Crippen LogP contribution is 1.53. The van der Waals surface area contributed by atoms with Crippen molar-refractivity contribution in [2.24, 2.45) is 0 Å². The number of hydroxylamine groups is 1. The molecule has 0 atom stereocenters. The number of nitrogens with one attached hydrogen (secondary N) is 1. The Morgan fingerprint density at radius 3 is 2.40 bits per heavy atom. The van der Waals surface area contributed by atoms with Gasteiger partial charge in [-0.25, -0.2) is 5.48 Å². The molecule has 0 amide bonds. The summed E-state index contributed by atoms with van der Waals surface area (Å²) in [5.74, 6) is 0. The van der Waals surface area contributed by atoms with Gasteiger partial charge in [-0.2, -0.15) is 0 Å². The predicted octanol–water partition coefficient (Wildman–Crippen LogP) is 0.157. The van der Waals surface area contributed by atoms with Crippen LogP contribution in [0.25, 0.3) is 0 Å². The molecule has 0 fully saturated rings. The average Bonchev–Trinajstić information content (AvgIpc) is 1.41. The van der Waals surface area contributed by atoms with Gasteiger partial charge >= 0.3 is 0 Å². The SMILES string of the molecule is CCONC. The third-order valence-electron chi connectivity index (χ3n) is 0.289.